The van der Waals surface area contributed by atoms with E-state index in [0.717, 1.165) is 11.1 Å². The molecule has 1 heterocycles. The molecule has 21 heavy (non-hydrogen) atoms. The van der Waals surface area contributed by atoms with Crippen LogP contribution in [0.25, 0.3) is 11.4 Å². The van der Waals surface area contributed by atoms with Gasteiger partial charge in [0.05, 0.1) is 6.54 Å². The van der Waals surface area contributed by atoms with Crippen molar-refractivity contribution in [1.29, 1.82) is 0 Å². The van der Waals surface area contributed by atoms with Gasteiger partial charge in [-0.1, -0.05) is 41.4 Å². The van der Waals surface area contributed by atoms with Gasteiger partial charge < -0.3 is 0 Å². The Kier molecular flexibility index (Phi) is 4.47. The van der Waals surface area contributed by atoms with Crippen molar-refractivity contribution in [2.24, 2.45) is 0 Å². The molecule has 1 aromatic heterocycles. The van der Waals surface area contributed by atoms with Crippen LogP contribution < -0.4 is 0 Å². The van der Waals surface area contributed by atoms with Gasteiger partial charge in [0.1, 0.15) is 6.33 Å². The van der Waals surface area contributed by atoms with Gasteiger partial charge in [-0.3, -0.25) is 0 Å². The van der Waals surface area contributed by atoms with E-state index in [-0.39, 0.29) is 0 Å². The molecule has 0 fully saturated rings. The van der Waals surface area contributed by atoms with E-state index in [2.05, 4.69) is 32.7 Å². The van der Waals surface area contributed by atoms with Crippen LogP contribution in [0, 0.1) is 3.57 Å². The molecule has 0 bridgehead atoms. The molecule has 106 valence electrons. The lowest BCUT2D eigenvalue weighted by Crippen LogP contribution is -2.01. The first-order valence-corrected chi connectivity index (χ1v) is 8.05. The molecule has 0 aliphatic rings. The molecule has 0 N–H and O–H groups in total. The van der Waals surface area contributed by atoms with Gasteiger partial charge in [-0.05, 0) is 46.9 Å². The maximum Gasteiger partial charge on any atom is 0.181 e. The number of halogens is 3. The Hall–Kier alpha value is -1.11. The second-order valence-corrected chi connectivity index (χ2v) is 6.53. The van der Waals surface area contributed by atoms with Crippen LogP contribution in [0.15, 0.2) is 48.8 Å². The van der Waals surface area contributed by atoms with Crippen LogP contribution in [0.1, 0.15) is 5.56 Å². The number of hydrogen-bond acceptors (Lipinski definition) is 2. The molecule has 3 aromatic rings. The van der Waals surface area contributed by atoms with Crippen LogP contribution in [0.3, 0.4) is 0 Å². The summed E-state index contributed by atoms with van der Waals surface area (Å²) >= 11 is 14.6. The molecule has 2 aromatic carbocycles. The second kappa shape index (κ2) is 6.34. The van der Waals surface area contributed by atoms with Crippen LogP contribution in [0.4, 0.5) is 0 Å². The Bertz CT molecular complexity index is 749. The fourth-order valence-corrected chi connectivity index (χ4v) is 2.82. The molecule has 0 saturated heterocycles. The third kappa shape index (κ3) is 3.39. The summed E-state index contributed by atoms with van der Waals surface area (Å²) in [5, 5.41) is 5.74. The summed E-state index contributed by atoms with van der Waals surface area (Å²) in [5.41, 5.74) is 1.83. The molecule has 0 saturated carbocycles. The Labute approximate surface area is 146 Å². The Morgan fingerprint density at radius 2 is 1.67 bits per heavy atom. The highest BCUT2D eigenvalue weighted by atomic mass is 127. The van der Waals surface area contributed by atoms with E-state index in [1.165, 1.54) is 3.57 Å². The van der Waals surface area contributed by atoms with Gasteiger partial charge in [0.2, 0.25) is 0 Å². The highest BCUT2D eigenvalue weighted by Gasteiger charge is 2.09. The van der Waals surface area contributed by atoms with Gasteiger partial charge in [0.15, 0.2) is 5.82 Å². The molecule has 0 unspecified atom stereocenters. The van der Waals surface area contributed by atoms with E-state index < -0.39 is 0 Å². The lowest BCUT2D eigenvalue weighted by Gasteiger charge is -2.06. The van der Waals surface area contributed by atoms with Gasteiger partial charge >= 0.3 is 0 Å². The smallest absolute Gasteiger partial charge is 0.181 e. The van der Waals surface area contributed by atoms with E-state index in [9.17, 15) is 0 Å². The number of nitrogens with zero attached hydrogens (tertiary/aromatic N) is 3. The zero-order valence-electron chi connectivity index (χ0n) is 10.8. The maximum absolute atomic E-state index is 6.17. The summed E-state index contributed by atoms with van der Waals surface area (Å²) in [6, 6.07) is 13.5. The van der Waals surface area contributed by atoms with Crippen molar-refractivity contribution in [3.8, 4) is 11.4 Å². The monoisotopic (exact) mass is 429 g/mol. The minimum Gasteiger partial charge on any atom is -0.248 e. The van der Waals surface area contributed by atoms with Crippen molar-refractivity contribution >= 4 is 45.8 Å². The predicted octanol–water partition coefficient (Wildman–Crippen LogP) is 4.90. The van der Waals surface area contributed by atoms with E-state index in [1.54, 1.807) is 11.0 Å². The van der Waals surface area contributed by atoms with Crippen LogP contribution >= 0.6 is 45.8 Å². The van der Waals surface area contributed by atoms with Crippen LogP contribution in [-0.4, -0.2) is 14.8 Å². The van der Waals surface area contributed by atoms with Crippen molar-refractivity contribution in [2.75, 3.05) is 0 Å². The largest absolute Gasteiger partial charge is 0.248 e. The van der Waals surface area contributed by atoms with Gasteiger partial charge in [-0.15, -0.1) is 0 Å². The lowest BCUT2D eigenvalue weighted by atomic mass is 10.2. The molecule has 0 radical (unpaired) electrons. The quantitative estimate of drug-likeness (QED) is 0.554. The Morgan fingerprint density at radius 3 is 2.33 bits per heavy atom. The van der Waals surface area contributed by atoms with Crippen LogP contribution in [-0.2, 0) is 6.54 Å². The third-order valence-electron chi connectivity index (χ3n) is 3.02. The molecular formula is C15H10Cl2IN3. The lowest BCUT2D eigenvalue weighted by molar-refractivity contribution is 0.687. The van der Waals surface area contributed by atoms with Crippen molar-refractivity contribution < 1.29 is 0 Å². The number of benzene rings is 2. The number of hydrogen-bond donors (Lipinski definition) is 0. The summed E-state index contributed by atoms with van der Waals surface area (Å²) in [6.45, 7) is 0.496. The third-order valence-corrected chi connectivity index (χ3v) is 4.45. The molecule has 0 amide bonds. The average molecular weight is 430 g/mol. The molecule has 0 aliphatic heterocycles. The first-order valence-electron chi connectivity index (χ1n) is 6.22. The predicted molar refractivity (Wildman–Crippen MR) is 93.7 cm³/mol. The van der Waals surface area contributed by atoms with E-state index in [4.69, 9.17) is 23.2 Å². The van der Waals surface area contributed by atoms with Crippen molar-refractivity contribution in [3.05, 3.63) is 68.0 Å². The topological polar surface area (TPSA) is 30.7 Å². The second-order valence-electron chi connectivity index (χ2n) is 4.47. The highest BCUT2D eigenvalue weighted by Crippen LogP contribution is 2.25. The summed E-state index contributed by atoms with van der Waals surface area (Å²) < 4.78 is 2.92. The summed E-state index contributed by atoms with van der Waals surface area (Å²) in [5.74, 6) is 0.689. The van der Waals surface area contributed by atoms with Crippen molar-refractivity contribution in [1.82, 2.24) is 14.8 Å². The SMILES string of the molecule is Clc1cccc(Cl)c1Cn1cnc(-c2ccc(I)cc2)n1. The minimum absolute atomic E-state index is 0.496. The van der Waals surface area contributed by atoms with Crippen LogP contribution in [0.5, 0.6) is 0 Å². The highest BCUT2D eigenvalue weighted by molar-refractivity contribution is 14.1. The van der Waals surface area contributed by atoms with Gasteiger partial charge in [-0.2, -0.15) is 5.10 Å². The maximum atomic E-state index is 6.17. The first kappa shape index (κ1) is 14.8. The zero-order chi connectivity index (χ0) is 14.8. The number of rotatable bonds is 3. The molecule has 6 heteroatoms. The Balaban J connectivity index is 1.87. The molecule has 0 aliphatic carbocycles. The summed E-state index contributed by atoms with van der Waals surface area (Å²) in [4.78, 5) is 4.33. The molecule has 0 atom stereocenters. The molecule has 3 rings (SSSR count). The molecule has 3 nitrogen and oxygen atoms in total. The summed E-state index contributed by atoms with van der Waals surface area (Å²) in [7, 11) is 0. The molecular weight excluding hydrogens is 420 g/mol. The average Bonchev–Trinajstić information content (AvgIpc) is 2.92. The fourth-order valence-electron chi connectivity index (χ4n) is 1.95. The van der Waals surface area contributed by atoms with E-state index in [1.807, 2.05) is 42.5 Å². The van der Waals surface area contributed by atoms with Crippen LogP contribution in [0.2, 0.25) is 10.0 Å². The van der Waals surface area contributed by atoms with Crippen molar-refractivity contribution in [2.45, 2.75) is 6.54 Å². The normalized spacial score (nSPS) is 10.8. The molecule has 0 spiro atoms. The minimum atomic E-state index is 0.496. The standard InChI is InChI=1S/C15H10Cl2IN3/c16-13-2-1-3-14(17)12(13)8-21-9-19-15(20-21)10-4-6-11(18)7-5-10/h1-7,9H,8H2. The first-order chi connectivity index (χ1) is 10.1. The van der Waals surface area contributed by atoms with Gasteiger partial charge in [-0.25, -0.2) is 9.67 Å². The van der Waals surface area contributed by atoms with E-state index >= 15 is 0 Å². The zero-order valence-corrected chi connectivity index (χ0v) is 14.5. The van der Waals surface area contributed by atoms with Gasteiger partial charge in [0.25, 0.3) is 0 Å². The Morgan fingerprint density at radius 1 is 1.00 bits per heavy atom. The van der Waals surface area contributed by atoms with Crippen molar-refractivity contribution in [3.63, 3.8) is 0 Å². The summed E-state index contributed by atoms with van der Waals surface area (Å²) in [6.07, 6.45) is 1.69. The number of aromatic nitrogens is 3. The fraction of sp³-hybridized carbons (Fsp3) is 0.0667. The van der Waals surface area contributed by atoms with E-state index in [0.29, 0.717) is 22.4 Å². The van der Waals surface area contributed by atoms with Gasteiger partial charge in [0, 0.05) is 24.7 Å².